The summed E-state index contributed by atoms with van der Waals surface area (Å²) in [5, 5.41) is 18.3. The zero-order valence-corrected chi connectivity index (χ0v) is 16.2. The molecule has 0 radical (unpaired) electrons. The number of carboxylic acids is 1. The predicted molar refractivity (Wildman–Crippen MR) is 106 cm³/mol. The lowest BCUT2D eigenvalue weighted by molar-refractivity contribution is 0.0687. The summed E-state index contributed by atoms with van der Waals surface area (Å²) in [6.07, 6.45) is 6.54. The molecule has 146 valence electrons. The Bertz CT molecular complexity index is 976. The molecule has 0 spiro atoms. The Morgan fingerprint density at radius 2 is 2.11 bits per heavy atom. The first-order valence-electron chi connectivity index (χ1n) is 9.68. The minimum absolute atomic E-state index is 0.215. The molecule has 2 heterocycles. The molecule has 1 N–H and O–H groups in total. The Labute approximate surface area is 164 Å². The van der Waals surface area contributed by atoms with Crippen LogP contribution in [0.2, 0.25) is 0 Å². The first-order valence-corrected chi connectivity index (χ1v) is 9.68. The van der Waals surface area contributed by atoms with Gasteiger partial charge in [-0.25, -0.2) is 9.48 Å². The molecule has 28 heavy (non-hydrogen) atoms. The Kier molecular flexibility index (Phi) is 5.00. The number of aryl methyl sites for hydroxylation is 1. The zero-order chi connectivity index (χ0) is 19.7. The molecule has 2 aromatic heterocycles. The highest BCUT2D eigenvalue weighted by atomic mass is 16.4. The van der Waals surface area contributed by atoms with Crippen molar-refractivity contribution in [1.29, 1.82) is 0 Å². The van der Waals surface area contributed by atoms with Gasteiger partial charge in [-0.1, -0.05) is 18.2 Å². The maximum Gasteiger partial charge on any atom is 0.356 e. The third kappa shape index (κ3) is 3.45. The Morgan fingerprint density at radius 3 is 2.82 bits per heavy atom. The van der Waals surface area contributed by atoms with Crippen molar-refractivity contribution >= 4 is 5.97 Å². The minimum Gasteiger partial charge on any atom is -0.476 e. The van der Waals surface area contributed by atoms with Gasteiger partial charge in [-0.3, -0.25) is 9.58 Å². The number of rotatable bonds is 6. The maximum absolute atomic E-state index is 11.6. The molecule has 1 aromatic carbocycles. The summed E-state index contributed by atoms with van der Waals surface area (Å²) in [4.78, 5) is 13.9. The second-order valence-corrected chi connectivity index (χ2v) is 7.34. The van der Waals surface area contributed by atoms with Crippen molar-refractivity contribution in [2.45, 2.75) is 45.3 Å². The summed E-state index contributed by atoms with van der Waals surface area (Å²) >= 11 is 0. The van der Waals surface area contributed by atoms with E-state index < -0.39 is 5.97 Å². The van der Waals surface area contributed by atoms with Gasteiger partial charge in [-0.2, -0.15) is 10.2 Å². The van der Waals surface area contributed by atoms with Gasteiger partial charge >= 0.3 is 5.97 Å². The van der Waals surface area contributed by atoms with Gasteiger partial charge in [0.15, 0.2) is 5.69 Å². The van der Waals surface area contributed by atoms with Crippen LogP contribution in [0.3, 0.4) is 0 Å². The molecule has 1 atom stereocenters. The van der Waals surface area contributed by atoms with Crippen LogP contribution in [0.5, 0.6) is 0 Å². The Hall–Kier alpha value is -2.93. The summed E-state index contributed by atoms with van der Waals surface area (Å²) in [5.41, 5.74) is 4.38. The molecule has 0 saturated carbocycles. The number of hydrogen-bond donors (Lipinski definition) is 1. The summed E-state index contributed by atoms with van der Waals surface area (Å²) in [5.74, 6) is -0.934. The summed E-state index contributed by atoms with van der Waals surface area (Å²) < 4.78 is 3.73. The van der Waals surface area contributed by atoms with E-state index in [2.05, 4.69) is 28.3 Å². The number of aromatic carboxylic acids is 1. The topological polar surface area (TPSA) is 76.2 Å². The number of hydrogen-bond acceptors (Lipinski definition) is 4. The highest BCUT2D eigenvalue weighted by molar-refractivity contribution is 5.87. The third-order valence-corrected chi connectivity index (χ3v) is 5.53. The van der Waals surface area contributed by atoms with Gasteiger partial charge < -0.3 is 5.11 Å². The van der Waals surface area contributed by atoms with Crippen LogP contribution in [-0.4, -0.2) is 48.6 Å². The van der Waals surface area contributed by atoms with E-state index in [1.807, 2.05) is 52.8 Å². The van der Waals surface area contributed by atoms with E-state index in [0.717, 1.165) is 48.3 Å². The summed E-state index contributed by atoms with van der Waals surface area (Å²) in [6.45, 7) is 3.48. The van der Waals surface area contributed by atoms with E-state index in [1.165, 1.54) is 0 Å². The van der Waals surface area contributed by atoms with Gasteiger partial charge in [-0.15, -0.1) is 0 Å². The molecule has 0 aliphatic heterocycles. The molecule has 7 nitrogen and oxygen atoms in total. The Morgan fingerprint density at radius 1 is 1.32 bits per heavy atom. The van der Waals surface area contributed by atoms with Gasteiger partial charge in [0.1, 0.15) is 0 Å². The number of aromatic nitrogens is 4. The van der Waals surface area contributed by atoms with Crippen molar-refractivity contribution in [2.75, 3.05) is 7.05 Å². The average Bonchev–Trinajstić information content (AvgIpc) is 3.32. The van der Waals surface area contributed by atoms with Crippen molar-refractivity contribution in [3.8, 4) is 5.69 Å². The highest BCUT2D eigenvalue weighted by Crippen LogP contribution is 2.28. The molecule has 3 aromatic rings. The quantitative estimate of drug-likeness (QED) is 0.713. The SMILES string of the molecule is CCn1nc(C(=O)O)c2c1CCC(N(C)Cc1cnn(-c3ccccc3)c1)C2. The molecule has 1 unspecified atom stereocenters. The number of likely N-dealkylation sites (N-methyl/N-ethyl adjacent to an activating group) is 1. The summed E-state index contributed by atoms with van der Waals surface area (Å²) in [6, 6.07) is 10.3. The number of para-hydroxylation sites is 1. The van der Waals surface area contributed by atoms with Crippen LogP contribution in [-0.2, 0) is 25.9 Å². The van der Waals surface area contributed by atoms with E-state index in [9.17, 15) is 9.90 Å². The van der Waals surface area contributed by atoms with Crippen LogP contribution >= 0.6 is 0 Å². The molecule has 1 aliphatic carbocycles. The smallest absolute Gasteiger partial charge is 0.356 e. The molecule has 7 heteroatoms. The minimum atomic E-state index is -0.934. The molecule has 0 saturated heterocycles. The molecular weight excluding hydrogens is 354 g/mol. The largest absolute Gasteiger partial charge is 0.476 e. The van der Waals surface area contributed by atoms with E-state index >= 15 is 0 Å². The first kappa shape index (κ1) is 18.4. The number of benzene rings is 1. The van der Waals surface area contributed by atoms with Gasteiger partial charge in [0.2, 0.25) is 0 Å². The monoisotopic (exact) mass is 379 g/mol. The number of carbonyl (C=O) groups is 1. The van der Waals surface area contributed by atoms with Crippen molar-refractivity contribution in [3.63, 3.8) is 0 Å². The number of nitrogens with zero attached hydrogens (tertiary/aromatic N) is 5. The van der Waals surface area contributed by atoms with Gasteiger partial charge in [0, 0.05) is 42.1 Å². The normalized spacial score (nSPS) is 16.3. The third-order valence-electron chi connectivity index (χ3n) is 5.53. The van der Waals surface area contributed by atoms with Gasteiger partial charge in [0.25, 0.3) is 0 Å². The highest BCUT2D eigenvalue weighted by Gasteiger charge is 2.30. The lowest BCUT2D eigenvalue weighted by atomic mass is 9.90. The lowest BCUT2D eigenvalue weighted by Crippen LogP contribution is -2.36. The van der Waals surface area contributed by atoms with E-state index in [0.29, 0.717) is 12.6 Å². The molecule has 1 aliphatic rings. The fourth-order valence-corrected chi connectivity index (χ4v) is 4.06. The molecule has 0 bridgehead atoms. The molecule has 0 amide bonds. The average molecular weight is 379 g/mol. The van der Waals surface area contributed by atoms with E-state index in [-0.39, 0.29) is 5.69 Å². The zero-order valence-electron chi connectivity index (χ0n) is 16.2. The molecular formula is C21H25N5O2. The van der Waals surface area contributed by atoms with E-state index in [4.69, 9.17) is 0 Å². The van der Waals surface area contributed by atoms with E-state index in [1.54, 1.807) is 0 Å². The molecule has 4 rings (SSSR count). The first-order chi connectivity index (χ1) is 13.6. The van der Waals surface area contributed by atoms with Crippen LogP contribution in [0.15, 0.2) is 42.7 Å². The van der Waals surface area contributed by atoms with Crippen molar-refractivity contribution < 1.29 is 9.90 Å². The van der Waals surface area contributed by atoms with Crippen molar-refractivity contribution in [2.24, 2.45) is 0 Å². The van der Waals surface area contributed by atoms with Crippen LogP contribution in [0.1, 0.15) is 40.7 Å². The van der Waals surface area contributed by atoms with Crippen molar-refractivity contribution in [3.05, 3.63) is 65.2 Å². The van der Waals surface area contributed by atoms with Crippen LogP contribution in [0.25, 0.3) is 5.69 Å². The standard InChI is InChI=1S/C21H25N5O2/c1-3-25-19-10-9-17(11-18(19)20(23-25)21(27)28)24(2)13-15-12-22-26(14-15)16-7-5-4-6-8-16/h4-8,12,14,17H,3,9-11,13H2,1-2H3,(H,27,28). The second-order valence-electron chi connectivity index (χ2n) is 7.34. The maximum atomic E-state index is 11.6. The number of fused-ring (bicyclic) bond motifs is 1. The summed E-state index contributed by atoms with van der Waals surface area (Å²) in [7, 11) is 2.10. The second kappa shape index (κ2) is 7.59. The lowest BCUT2D eigenvalue weighted by Gasteiger charge is -2.31. The van der Waals surface area contributed by atoms with Gasteiger partial charge in [0.05, 0.1) is 11.9 Å². The number of carboxylic acid groups (broad SMARTS) is 1. The van der Waals surface area contributed by atoms with Crippen LogP contribution < -0.4 is 0 Å². The van der Waals surface area contributed by atoms with Crippen molar-refractivity contribution in [1.82, 2.24) is 24.5 Å². The fraction of sp³-hybridized carbons (Fsp3) is 0.381. The predicted octanol–water partition coefficient (Wildman–Crippen LogP) is 2.78. The van der Waals surface area contributed by atoms with Gasteiger partial charge in [-0.05, 0) is 45.4 Å². The fourth-order valence-electron chi connectivity index (χ4n) is 4.06. The van der Waals surface area contributed by atoms with Crippen LogP contribution in [0, 0.1) is 0 Å². The van der Waals surface area contributed by atoms with Crippen LogP contribution in [0.4, 0.5) is 0 Å². The molecule has 0 fully saturated rings. The Balaban J connectivity index is 1.48.